The lowest BCUT2D eigenvalue weighted by Gasteiger charge is -2.21. The van der Waals surface area contributed by atoms with Gasteiger partial charge in [-0.05, 0) is 25.5 Å². The van der Waals surface area contributed by atoms with Gasteiger partial charge in [0.05, 0.1) is 0 Å². The average Bonchev–Trinajstić information content (AvgIpc) is 2.97. The van der Waals surface area contributed by atoms with E-state index in [1.807, 2.05) is 13.0 Å². The second kappa shape index (κ2) is 4.72. The number of halogens is 1. The summed E-state index contributed by atoms with van der Waals surface area (Å²) in [5, 5.41) is 2.80. The van der Waals surface area contributed by atoms with Crippen molar-refractivity contribution in [3.63, 3.8) is 0 Å². The highest BCUT2D eigenvalue weighted by Gasteiger charge is 2.30. The van der Waals surface area contributed by atoms with E-state index in [1.54, 1.807) is 0 Å². The van der Waals surface area contributed by atoms with E-state index >= 15 is 0 Å². The second-order valence-electron chi connectivity index (χ2n) is 5.22. The van der Waals surface area contributed by atoms with Crippen molar-refractivity contribution in [2.75, 3.05) is 18.0 Å². The minimum absolute atomic E-state index is 0.0251. The van der Waals surface area contributed by atoms with Crippen molar-refractivity contribution in [1.82, 2.24) is 5.32 Å². The second-order valence-corrected chi connectivity index (χ2v) is 5.22. The van der Waals surface area contributed by atoms with Crippen LogP contribution >= 0.6 is 0 Å². The smallest absolute Gasteiger partial charge is 0.207 e. The van der Waals surface area contributed by atoms with Crippen LogP contribution in [0.4, 0.5) is 10.1 Å². The summed E-state index contributed by atoms with van der Waals surface area (Å²) in [5.41, 5.74) is 2.00. The number of rotatable bonds is 3. The Balaban J connectivity index is 1.87. The Labute approximate surface area is 111 Å². The number of benzene rings is 1. The average molecular weight is 264 g/mol. The van der Waals surface area contributed by atoms with Crippen LogP contribution in [0.5, 0.6) is 5.75 Å². The molecule has 0 bridgehead atoms. The Morgan fingerprint density at radius 3 is 3.16 bits per heavy atom. The first-order chi connectivity index (χ1) is 9.19. The van der Waals surface area contributed by atoms with Gasteiger partial charge in [0.25, 0.3) is 0 Å². The number of amides is 1. The maximum Gasteiger partial charge on any atom is 0.207 e. The Kier molecular flexibility index (Phi) is 3.05. The highest BCUT2D eigenvalue weighted by Crippen LogP contribution is 2.39. The zero-order valence-electron chi connectivity index (χ0n) is 10.9. The van der Waals surface area contributed by atoms with E-state index in [4.69, 9.17) is 4.74 Å². The van der Waals surface area contributed by atoms with E-state index in [-0.39, 0.29) is 18.0 Å². The predicted molar refractivity (Wildman–Crippen MR) is 70.0 cm³/mol. The fourth-order valence-corrected chi connectivity index (χ4v) is 2.95. The number of nitrogens with zero attached hydrogens (tertiary/aromatic N) is 1. The molecule has 2 aliphatic rings. The lowest BCUT2D eigenvalue weighted by atomic mass is 10.1. The number of carbonyl (C=O) groups is 1. The monoisotopic (exact) mass is 264 g/mol. The van der Waals surface area contributed by atoms with Crippen LogP contribution in [-0.4, -0.2) is 31.6 Å². The summed E-state index contributed by atoms with van der Waals surface area (Å²) in [7, 11) is 0. The summed E-state index contributed by atoms with van der Waals surface area (Å²) in [6.07, 6.45) is 2.43. The first-order valence-electron chi connectivity index (χ1n) is 6.61. The molecule has 0 aliphatic carbocycles. The third kappa shape index (κ3) is 2.13. The molecule has 1 saturated heterocycles. The number of anilines is 1. The van der Waals surface area contributed by atoms with Crippen molar-refractivity contribution in [1.29, 1.82) is 0 Å². The van der Waals surface area contributed by atoms with E-state index in [1.165, 1.54) is 6.07 Å². The van der Waals surface area contributed by atoms with Crippen molar-refractivity contribution >= 4 is 12.1 Å². The molecule has 1 fully saturated rings. The van der Waals surface area contributed by atoms with Crippen LogP contribution in [0.15, 0.2) is 12.1 Å². The van der Waals surface area contributed by atoms with Gasteiger partial charge in [0.1, 0.15) is 6.10 Å². The molecule has 1 aromatic carbocycles. The molecule has 102 valence electrons. The fourth-order valence-electron chi connectivity index (χ4n) is 2.95. The van der Waals surface area contributed by atoms with Gasteiger partial charge in [-0.25, -0.2) is 4.39 Å². The van der Waals surface area contributed by atoms with Crippen molar-refractivity contribution in [2.45, 2.75) is 31.9 Å². The minimum atomic E-state index is -0.287. The first kappa shape index (κ1) is 12.3. The summed E-state index contributed by atoms with van der Waals surface area (Å²) in [4.78, 5) is 12.7. The van der Waals surface area contributed by atoms with E-state index in [0.717, 1.165) is 43.6 Å². The summed E-state index contributed by atoms with van der Waals surface area (Å²) in [6, 6.07) is 3.46. The number of fused-ring (bicyclic) bond motifs is 1. The summed E-state index contributed by atoms with van der Waals surface area (Å²) in [5.74, 6) is 0.113. The Morgan fingerprint density at radius 1 is 1.53 bits per heavy atom. The lowest BCUT2D eigenvalue weighted by Crippen LogP contribution is -2.31. The Morgan fingerprint density at radius 2 is 2.37 bits per heavy atom. The Bertz CT molecular complexity index is 506. The van der Waals surface area contributed by atoms with Crippen LogP contribution in [0.25, 0.3) is 0 Å². The van der Waals surface area contributed by atoms with Crippen LogP contribution in [0.2, 0.25) is 0 Å². The number of hydrogen-bond acceptors (Lipinski definition) is 3. The van der Waals surface area contributed by atoms with Crippen LogP contribution in [-0.2, 0) is 11.2 Å². The molecule has 4 nitrogen and oxygen atoms in total. The van der Waals surface area contributed by atoms with E-state index < -0.39 is 0 Å². The third-order valence-electron chi connectivity index (χ3n) is 3.83. The zero-order chi connectivity index (χ0) is 13.4. The van der Waals surface area contributed by atoms with E-state index in [9.17, 15) is 9.18 Å². The molecular weight excluding hydrogens is 247 g/mol. The standard InChI is InChI=1S/C14H17FN2O2/c1-9-6-11-13(3-2-12(15)14(11)19-9)17-5-4-10(7-17)16-8-18/h2-3,8-10H,4-7H2,1H3,(H,16,18)/t9?,10-/m0/s1. The normalized spacial score (nSPS) is 25.1. The van der Waals surface area contributed by atoms with Crippen molar-refractivity contribution in [3.8, 4) is 5.75 Å². The molecule has 0 saturated carbocycles. The van der Waals surface area contributed by atoms with Gasteiger partial charge in [-0.3, -0.25) is 4.79 Å². The van der Waals surface area contributed by atoms with Gasteiger partial charge in [0.2, 0.25) is 6.41 Å². The van der Waals surface area contributed by atoms with Gasteiger partial charge in [-0.2, -0.15) is 0 Å². The van der Waals surface area contributed by atoms with Crippen LogP contribution in [0.1, 0.15) is 18.9 Å². The summed E-state index contributed by atoms with van der Waals surface area (Å²) >= 11 is 0. The molecule has 0 aromatic heterocycles. The maximum atomic E-state index is 13.7. The first-order valence-corrected chi connectivity index (χ1v) is 6.61. The molecule has 1 unspecified atom stereocenters. The quantitative estimate of drug-likeness (QED) is 0.841. The van der Waals surface area contributed by atoms with E-state index in [0.29, 0.717) is 5.75 Å². The highest BCUT2D eigenvalue weighted by atomic mass is 19.1. The van der Waals surface area contributed by atoms with Gasteiger partial charge in [-0.1, -0.05) is 0 Å². The highest BCUT2D eigenvalue weighted by molar-refractivity contribution is 5.62. The van der Waals surface area contributed by atoms with Crippen molar-refractivity contribution in [2.24, 2.45) is 0 Å². The lowest BCUT2D eigenvalue weighted by molar-refractivity contribution is -0.110. The third-order valence-corrected chi connectivity index (χ3v) is 3.83. The van der Waals surface area contributed by atoms with E-state index in [2.05, 4.69) is 10.2 Å². The van der Waals surface area contributed by atoms with Crippen molar-refractivity contribution < 1.29 is 13.9 Å². The van der Waals surface area contributed by atoms with Crippen LogP contribution < -0.4 is 15.0 Å². The molecule has 19 heavy (non-hydrogen) atoms. The van der Waals surface area contributed by atoms with Crippen LogP contribution in [0, 0.1) is 5.82 Å². The molecule has 1 N–H and O–H groups in total. The number of ether oxygens (including phenoxy) is 1. The van der Waals surface area contributed by atoms with Gasteiger partial charge in [0, 0.05) is 36.8 Å². The molecule has 1 aromatic rings. The van der Waals surface area contributed by atoms with Gasteiger partial charge in [0.15, 0.2) is 11.6 Å². The molecule has 2 aliphatic heterocycles. The molecule has 1 amide bonds. The summed E-state index contributed by atoms with van der Waals surface area (Å²) in [6.45, 7) is 3.59. The number of nitrogens with one attached hydrogen (secondary N) is 1. The molecule has 3 rings (SSSR count). The topological polar surface area (TPSA) is 41.6 Å². The number of hydrogen-bond donors (Lipinski definition) is 1. The Hall–Kier alpha value is -1.78. The van der Waals surface area contributed by atoms with Gasteiger partial charge < -0.3 is 15.0 Å². The number of carbonyl (C=O) groups excluding carboxylic acids is 1. The van der Waals surface area contributed by atoms with Gasteiger partial charge in [-0.15, -0.1) is 0 Å². The molecule has 5 heteroatoms. The largest absolute Gasteiger partial charge is 0.487 e. The minimum Gasteiger partial charge on any atom is -0.487 e. The SMILES string of the molecule is CC1Cc2c(N3CC[C@H](NC=O)C3)ccc(F)c2O1. The van der Waals surface area contributed by atoms with Crippen LogP contribution in [0.3, 0.4) is 0 Å². The van der Waals surface area contributed by atoms with Crippen molar-refractivity contribution in [3.05, 3.63) is 23.5 Å². The molecular formula is C14H17FN2O2. The van der Waals surface area contributed by atoms with Gasteiger partial charge >= 0.3 is 0 Å². The molecule has 2 heterocycles. The fraction of sp³-hybridized carbons (Fsp3) is 0.500. The zero-order valence-corrected chi connectivity index (χ0v) is 10.9. The molecule has 2 atom stereocenters. The predicted octanol–water partition coefficient (Wildman–Crippen LogP) is 1.47. The maximum absolute atomic E-state index is 13.7. The molecule has 0 spiro atoms. The summed E-state index contributed by atoms with van der Waals surface area (Å²) < 4.78 is 19.3. The molecule has 0 radical (unpaired) electrons.